The Labute approximate surface area is 187 Å². The molecule has 1 atom stereocenters. The average Bonchev–Trinajstić information content (AvgIpc) is 3.09. The molecule has 3 aromatic rings. The molecular formula is C24H21FN2O4S. The number of fused-ring (bicyclic) bond motifs is 1. The molecule has 1 aliphatic rings. The summed E-state index contributed by atoms with van der Waals surface area (Å²) in [5.74, 6) is -0.198. The number of hydrogen-bond donors (Lipinski definition) is 0. The van der Waals surface area contributed by atoms with Crippen molar-refractivity contribution >= 4 is 23.4 Å². The van der Waals surface area contributed by atoms with Gasteiger partial charge in [-0.05, 0) is 55.3 Å². The molecule has 0 saturated carbocycles. The number of esters is 1. The van der Waals surface area contributed by atoms with Gasteiger partial charge in [-0.25, -0.2) is 14.2 Å². The number of allylic oxidation sites excluding steroid dienone is 1. The number of ether oxygens (including phenoxy) is 2. The number of carbonyl (C=O) groups is 1. The van der Waals surface area contributed by atoms with E-state index in [-0.39, 0.29) is 18.0 Å². The molecule has 0 radical (unpaired) electrons. The Kier molecular flexibility index (Phi) is 6.05. The first kappa shape index (κ1) is 21.7. The number of methoxy groups -OCH3 is 1. The molecule has 0 spiro atoms. The molecule has 1 aromatic heterocycles. The van der Waals surface area contributed by atoms with Gasteiger partial charge in [0.2, 0.25) is 0 Å². The summed E-state index contributed by atoms with van der Waals surface area (Å²) in [6, 6.07) is 12.4. The first-order chi connectivity index (χ1) is 15.4. The molecule has 0 amide bonds. The molecule has 0 saturated heterocycles. The van der Waals surface area contributed by atoms with Crippen molar-refractivity contribution in [2.24, 2.45) is 4.99 Å². The SMILES string of the molecule is CCOC(=O)C1=C(C)N=c2sc(=Cc3ccc(F)cc3)c(=O)n2[C@@H]1c1ccc(OC)cc1. The summed E-state index contributed by atoms with van der Waals surface area (Å²) in [7, 11) is 1.57. The minimum Gasteiger partial charge on any atom is -0.497 e. The second-order valence-electron chi connectivity index (χ2n) is 7.13. The van der Waals surface area contributed by atoms with Crippen LogP contribution in [0.3, 0.4) is 0 Å². The fourth-order valence-corrected chi connectivity index (χ4v) is 4.65. The molecular weight excluding hydrogens is 431 g/mol. The van der Waals surface area contributed by atoms with Crippen molar-refractivity contribution < 1.29 is 18.7 Å². The maximum absolute atomic E-state index is 13.4. The Morgan fingerprint density at radius 3 is 2.50 bits per heavy atom. The second-order valence-corrected chi connectivity index (χ2v) is 8.14. The van der Waals surface area contributed by atoms with E-state index in [9.17, 15) is 14.0 Å². The molecule has 8 heteroatoms. The zero-order valence-corrected chi connectivity index (χ0v) is 18.6. The number of nitrogens with zero attached hydrogens (tertiary/aromatic N) is 2. The van der Waals surface area contributed by atoms with E-state index in [1.807, 2.05) is 12.1 Å². The summed E-state index contributed by atoms with van der Waals surface area (Å²) < 4.78 is 25.7. The smallest absolute Gasteiger partial charge is 0.338 e. The molecule has 32 heavy (non-hydrogen) atoms. The van der Waals surface area contributed by atoms with Crippen molar-refractivity contribution in [1.29, 1.82) is 0 Å². The maximum atomic E-state index is 13.4. The minimum absolute atomic E-state index is 0.208. The number of hydrogen-bond acceptors (Lipinski definition) is 6. The summed E-state index contributed by atoms with van der Waals surface area (Å²) in [4.78, 5) is 31.3. The fraction of sp³-hybridized carbons (Fsp3) is 0.208. The molecule has 2 heterocycles. The van der Waals surface area contributed by atoms with Crippen LogP contribution in [0.2, 0.25) is 0 Å². The van der Waals surface area contributed by atoms with Crippen LogP contribution in [0.1, 0.15) is 31.0 Å². The van der Waals surface area contributed by atoms with Gasteiger partial charge >= 0.3 is 5.97 Å². The van der Waals surface area contributed by atoms with E-state index >= 15 is 0 Å². The minimum atomic E-state index is -0.688. The molecule has 0 fully saturated rings. The molecule has 0 bridgehead atoms. The van der Waals surface area contributed by atoms with Gasteiger partial charge < -0.3 is 9.47 Å². The lowest BCUT2D eigenvalue weighted by Crippen LogP contribution is -2.39. The van der Waals surface area contributed by atoms with Gasteiger partial charge in [0, 0.05) is 0 Å². The highest BCUT2D eigenvalue weighted by molar-refractivity contribution is 7.07. The molecule has 0 unspecified atom stereocenters. The van der Waals surface area contributed by atoms with Crippen LogP contribution in [0.4, 0.5) is 4.39 Å². The van der Waals surface area contributed by atoms with Crippen molar-refractivity contribution in [3.05, 3.63) is 96.4 Å². The van der Waals surface area contributed by atoms with Crippen molar-refractivity contribution in [3.63, 3.8) is 0 Å². The largest absolute Gasteiger partial charge is 0.497 e. The number of aromatic nitrogens is 1. The van der Waals surface area contributed by atoms with Crippen LogP contribution < -0.4 is 19.6 Å². The third-order valence-corrected chi connectivity index (χ3v) is 6.10. The molecule has 4 rings (SSSR count). The molecule has 6 nitrogen and oxygen atoms in total. The standard InChI is InChI=1S/C24H21FN2O4S/c1-4-31-23(29)20-14(2)26-24-27(21(20)16-7-11-18(30-3)12-8-16)22(28)19(32-24)13-15-5-9-17(25)10-6-15/h5-13,21H,4H2,1-3H3/t21-/m1/s1. The highest BCUT2D eigenvalue weighted by atomic mass is 32.1. The Balaban J connectivity index is 1.93. The predicted octanol–water partition coefficient (Wildman–Crippen LogP) is 2.95. The van der Waals surface area contributed by atoms with Crippen molar-refractivity contribution in [3.8, 4) is 5.75 Å². The quantitative estimate of drug-likeness (QED) is 0.558. The van der Waals surface area contributed by atoms with Crippen LogP contribution in [-0.4, -0.2) is 24.3 Å². The van der Waals surface area contributed by atoms with E-state index < -0.39 is 12.0 Å². The number of benzene rings is 2. The normalized spacial score (nSPS) is 15.9. The lowest BCUT2D eigenvalue weighted by atomic mass is 9.96. The molecule has 2 aromatic carbocycles. The Bertz CT molecular complexity index is 1370. The summed E-state index contributed by atoms with van der Waals surface area (Å²) in [6.07, 6.45) is 1.69. The number of rotatable bonds is 5. The Morgan fingerprint density at radius 1 is 1.19 bits per heavy atom. The van der Waals surface area contributed by atoms with Crippen LogP contribution >= 0.6 is 11.3 Å². The lowest BCUT2D eigenvalue weighted by molar-refractivity contribution is -0.139. The molecule has 0 N–H and O–H groups in total. The van der Waals surface area contributed by atoms with Crippen LogP contribution in [0.5, 0.6) is 5.75 Å². The number of thiazole rings is 1. The van der Waals surface area contributed by atoms with E-state index in [1.165, 1.54) is 28.0 Å². The van der Waals surface area contributed by atoms with Gasteiger partial charge in [-0.3, -0.25) is 9.36 Å². The molecule has 1 aliphatic heterocycles. The summed E-state index contributed by atoms with van der Waals surface area (Å²) in [6.45, 7) is 3.67. The van der Waals surface area contributed by atoms with Crippen LogP contribution in [-0.2, 0) is 9.53 Å². The summed E-state index contributed by atoms with van der Waals surface area (Å²) >= 11 is 1.22. The zero-order chi connectivity index (χ0) is 22.8. The van der Waals surface area contributed by atoms with E-state index in [0.29, 0.717) is 31.9 Å². The predicted molar refractivity (Wildman–Crippen MR) is 120 cm³/mol. The Morgan fingerprint density at radius 2 is 1.88 bits per heavy atom. The van der Waals surface area contributed by atoms with E-state index in [0.717, 1.165) is 5.56 Å². The van der Waals surface area contributed by atoms with E-state index in [2.05, 4.69) is 4.99 Å². The van der Waals surface area contributed by atoms with Crippen molar-refractivity contribution in [1.82, 2.24) is 4.57 Å². The Hall–Kier alpha value is -3.52. The first-order valence-electron chi connectivity index (χ1n) is 10.0. The van der Waals surface area contributed by atoms with E-state index in [1.54, 1.807) is 51.3 Å². The van der Waals surface area contributed by atoms with Gasteiger partial charge in [0.15, 0.2) is 4.80 Å². The molecule has 0 aliphatic carbocycles. The van der Waals surface area contributed by atoms with Gasteiger partial charge in [0.25, 0.3) is 5.56 Å². The maximum Gasteiger partial charge on any atom is 0.338 e. The summed E-state index contributed by atoms with van der Waals surface area (Å²) in [5.41, 5.74) is 1.96. The summed E-state index contributed by atoms with van der Waals surface area (Å²) in [5, 5.41) is 0. The van der Waals surface area contributed by atoms with Gasteiger partial charge in [0.05, 0.1) is 35.6 Å². The number of carbonyl (C=O) groups excluding carboxylic acids is 1. The third kappa shape index (κ3) is 4.01. The van der Waals surface area contributed by atoms with Gasteiger partial charge in [-0.2, -0.15) is 0 Å². The van der Waals surface area contributed by atoms with E-state index in [4.69, 9.17) is 9.47 Å². The molecule has 164 valence electrons. The first-order valence-corrected chi connectivity index (χ1v) is 10.8. The van der Waals surface area contributed by atoms with Crippen molar-refractivity contribution in [2.45, 2.75) is 19.9 Å². The fourth-order valence-electron chi connectivity index (χ4n) is 3.60. The topological polar surface area (TPSA) is 69.9 Å². The van der Waals surface area contributed by atoms with Gasteiger partial charge in [-0.15, -0.1) is 0 Å². The lowest BCUT2D eigenvalue weighted by Gasteiger charge is -2.24. The third-order valence-electron chi connectivity index (χ3n) is 5.12. The average molecular weight is 453 g/mol. The highest BCUT2D eigenvalue weighted by Crippen LogP contribution is 2.31. The van der Waals surface area contributed by atoms with Gasteiger partial charge in [0.1, 0.15) is 11.6 Å². The monoisotopic (exact) mass is 452 g/mol. The number of halogens is 1. The van der Waals surface area contributed by atoms with Gasteiger partial charge in [-0.1, -0.05) is 35.6 Å². The zero-order valence-electron chi connectivity index (χ0n) is 17.8. The van der Waals surface area contributed by atoms with Crippen LogP contribution in [0, 0.1) is 5.82 Å². The van der Waals surface area contributed by atoms with Crippen molar-refractivity contribution in [2.75, 3.05) is 13.7 Å². The highest BCUT2D eigenvalue weighted by Gasteiger charge is 2.33. The van der Waals surface area contributed by atoms with Crippen LogP contribution in [0.25, 0.3) is 6.08 Å². The second kappa shape index (κ2) is 8.92. The van der Waals surface area contributed by atoms with Crippen LogP contribution in [0.15, 0.2) is 69.6 Å².